The van der Waals surface area contributed by atoms with Gasteiger partial charge in [0, 0.05) is 12.0 Å². The van der Waals surface area contributed by atoms with E-state index >= 15 is 0 Å². The largest absolute Gasteiger partial charge is 0.512 e. The highest BCUT2D eigenvalue weighted by molar-refractivity contribution is 5.93. The van der Waals surface area contributed by atoms with Crippen LogP contribution >= 0.6 is 0 Å². The van der Waals surface area contributed by atoms with Crippen molar-refractivity contribution in [2.24, 2.45) is 5.92 Å². The van der Waals surface area contributed by atoms with Gasteiger partial charge in [0.15, 0.2) is 5.78 Å². The Hall–Kier alpha value is -0.830. The Kier molecular flexibility index (Phi) is 5.46. The van der Waals surface area contributed by atoms with Gasteiger partial charge in [0.05, 0.1) is 11.9 Å². The fraction of sp³-hybridized carbons (Fsp3) is 0.727. The number of hydrogen-bond donors (Lipinski definition) is 1. The van der Waals surface area contributed by atoms with Gasteiger partial charge in [-0.3, -0.25) is 4.79 Å². The molecule has 3 nitrogen and oxygen atoms in total. The third-order valence-corrected chi connectivity index (χ3v) is 1.76. The molecule has 0 aliphatic heterocycles. The number of carbonyl (C=O) groups excluding carboxylic acids is 1. The summed E-state index contributed by atoms with van der Waals surface area (Å²) in [5, 5.41) is 9.36. The van der Waals surface area contributed by atoms with E-state index in [2.05, 4.69) is 0 Å². The van der Waals surface area contributed by atoms with Gasteiger partial charge >= 0.3 is 0 Å². The lowest BCUT2D eigenvalue weighted by Crippen LogP contribution is -2.23. The Bertz CT molecular complexity index is 217. The van der Waals surface area contributed by atoms with Crippen LogP contribution in [-0.2, 0) is 9.53 Å². The minimum atomic E-state index is -0.490. The maximum atomic E-state index is 11.4. The lowest BCUT2D eigenvalue weighted by atomic mass is 10.1. The normalized spacial score (nSPS) is 14.9. The third kappa shape index (κ3) is 5.02. The Morgan fingerprint density at radius 1 is 1.21 bits per heavy atom. The van der Waals surface area contributed by atoms with E-state index in [1.165, 1.54) is 6.08 Å². The highest BCUT2D eigenvalue weighted by Crippen LogP contribution is 2.07. The molecule has 0 saturated heterocycles. The first-order valence-corrected chi connectivity index (χ1v) is 4.94. The summed E-state index contributed by atoms with van der Waals surface area (Å²) in [6.07, 6.45) is 0.775. The molecule has 0 aromatic carbocycles. The van der Waals surface area contributed by atoms with Gasteiger partial charge in [-0.15, -0.1) is 0 Å². The predicted octanol–water partition coefficient (Wildman–Crippen LogP) is 2.47. The van der Waals surface area contributed by atoms with Gasteiger partial charge in [0.2, 0.25) is 0 Å². The third-order valence-electron chi connectivity index (χ3n) is 1.76. The molecule has 0 aliphatic carbocycles. The van der Waals surface area contributed by atoms with Gasteiger partial charge in [-0.1, -0.05) is 13.8 Å². The van der Waals surface area contributed by atoms with Crippen LogP contribution in [0, 0.1) is 5.92 Å². The van der Waals surface area contributed by atoms with Crippen LogP contribution in [0.25, 0.3) is 0 Å². The smallest absolute Gasteiger partial charge is 0.187 e. The average molecular weight is 200 g/mol. The SMILES string of the molecule is CC(C)OC(C)C(=O)C=C(O)C(C)C. The second-order valence-electron chi connectivity index (χ2n) is 3.95. The summed E-state index contributed by atoms with van der Waals surface area (Å²) in [5.41, 5.74) is 0. The molecular weight excluding hydrogens is 180 g/mol. The van der Waals surface area contributed by atoms with E-state index in [0.717, 1.165) is 0 Å². The fourth-order valence-corrected chi connectivity index (χ4v) is 0.905. The monoisotopic (exact) mass is 200 g/mol. The zero-order chi connectivity index (χ0) is 11.3. The Labute approximate surface area is 85.8 Å². The quantitative estimate of drug-likeness (QED) is 0.547. The van der Waals surface area contributed by atoms with E-state index in [1.807, 2.05) is 27.7 Å². The highest BCUT2D eigenvalue weighted by Gasteiger charge is 2.14. The molecule has 0 aliphatic rings. The highest BCUT2D eigenvalue weighted by atomic mass is 16.5. The summed E-state index contributed by atoms with van der Waals surface area (Å²) in [5.74, 6) is -0.107. The van der Waals surface area contributed by atoms with Gasteiger partial charge < -0.3 is 9.84 Å². The van der Waals surface area contributed by atoms with Gasteiger partial charge in [-0.05, 0) is 20.8 Å². The number of rotatable bonds is 5. The molecule has 0 radical (unpaired) electrons. The summed E-state index contributed by atoms with van der Waals surface area (Å²) < 4.78 is 5.29. The first kappa shape index (κ1) is 13.2. The lowest BCUT2D eigenvalue weighted by molar-refractivity contribution is -0.127. The van der Waals surface area contributed by atoms with Gasteiger partial charge in [0.25, 0.3) is 0 Å². The molecule has 1 unspecified atom stereocenters. The minimum Gasteiger partial charge on any atom is -0.512 e. The van der Waals surface area contributed by atoms with E-state index in [4.69, 9.17) is 4.74 Å². The number of aliphatic hydroxyl groups is 1. The second-order valence-corrected chi connectivity index (χ2v) is 3.95. The van der Waals surface area contributed by atoms with E-state index in [1.54, 1.807) is 6.92 Å². The summed E-state index contributed by atoms with van der Waals surface area (Å²) >= 11 is 0. The number of ketones is 1. The first-order valence-electron chi connectivity index (χ1n) is 4.94. The molecule has 0 saturated carbocycles. The number of aliphatic hydroxyl groups excluding tert-OH is 1. The Balaban J connectivity index is 4.27. The lowest BCUT2D eigenvalue weighted by Gasteiger charge is -2.13. The van der Waals surface area contributed by atoms with Crippen molar-refractivity contribution in [3.8, 4) is 0 Å². The van der Waals surface area contributed by atoms with Gasteiger partial charge in [-0.2, -0.15) is 0 Å². The van der Waals surface area contributed by atoms with E-state index in [-0.39, 0.29) is 23.6 Å². The van der Waals surface area contributed by atoms with Crippen molar-refractivity contribution in [1.82, 2.24) is 0 Å². The van der Waals surface area contributed by atoms with E-state index in [0.29, 0.717) is 0 Å². The van der Waals surface area contributed by atoms with Crippen LogP contribution < -0.4 is 0 Å². The fourth-order valence-electron chi connectivity index (χ4n) is 0.905. The number of hydrogen-bond acceptors (Lipinski definition) is 3. The molecule has 0 fully saturated rings. The maximum absolute atomic E-state index is 11.4. The summed E-state index contributed by atoms with van der Waals surface area (Å²) in [6, 6.07) is 0. The van der Waals surface area contributed by atoms with Crippen LogP contribution in [0.3, 0.4) is 0 Å². The number of carbonyl (C=O) groups is 1. The zero-order valence-corrected chi connectivity index (χ0v) is 9.57. The van der Waals surface area contributed by atoms with Gasteiger partial charge in [0.1, 0.15) is 6.10 Å². The summed E-state index contributed by atoms with van der Waals surface area (Å²) in [6.45, 7) is 9.08. The number of ether oxygens (including phenoxy) is 1. The molecule has 82 valence electrons. The summed E-state index contributed by atoms with van der Waals surface area (Å²) in [4.78, 5) is 11.4. The molecule has 0 aromatic rings. The van der Waals surface area contributed by atoms with Crippen molar-refractivity contribution in [2.75, 3.05) is 0 Å². The van der Waals surface area contributed by atoms with Crippen molar-refractivity contribution >= 4 is 5.78 Å². The van der Waals surface area contributed by atoms with Crippen LogP contribution in [0.5, 0.6) is 0 Å². The van der Waals surface area contributed by atoms with E-state index < -0.39 is 6.10 Å². The molecular formula is C11H20O3. The van der Waals surface area contributed by atoms with Crippen molar-refractivity contribution in [3.63, 3.8) is 0 Å². The van der Waals surface area contributed by atoms with Gasteiger partial charge in [-0.25, -0.2) is 0 Å². The van der Waals surface area contributed by atoms with Crippen molar-refractivity contribution in [3.05, 3.63) is 11.8 Å². The van der Waals surface area contributed by atoms with Crippen molar-refractivity contribution < 1.29 is 14.6 Å². The number of allylic oxidation sites excluding steroid dienone is 1. The van der Waals surface area contributed by atoms with Crippen LogP contribution in [0.15, 0.2) is 11.8 Å². The van der Waals surface area contributed by atoms with Crippen LogP contribution in [0.2, 0.25) is 0 Å². The second kappa shape index (κ2) is 5.81. The summed E-state index contributed by atoms with van der Waals surface area (Å²) in [7, 11) is 0. The molecule has 0 rings (SSSR count). The van der Waals surface area contributed by atoms with Crippen LogP contribution in [0.1, 0.15) is 34.6 Å². The average Bonchev–Trinajstić information content (AvgIpc) is 2.02. The zero-order valence-electron chi connectivity index (χ0n) is 9.57. The molecule has 0 spiro atoms. The molecule has 14 heavy (non-hydrogen) atoms. The molecule has 0 amide bonds. The first-order chi connectivity index (χ1) is 6.34. The Morgan fingerprint density at radius 2 is 1.71 bits per heavy atom. The molecule has 0 heterocycles. The van der Waals surface area contributed by atoms with Crippen LogP contribution in [0.4, 0.5) is 0 Å². The molecule has 1 N–H and O–H groups in total. The van der Waals surface area contributed by atoms with Crippen LogP contribution in [-0.4, -0.2) is 23.1 Å². The molecule has 0 aromatic heterocycles. The Morgan fingerprint density at radius 3 is 2.07 bits per heavy atom. The maximum Gasteiger partial charge on any atom is 0.187 e. The standard InChI is InChI=1S/C11H20O3/c1-7(2)10(12)6-11(13)9(5)14-8(3)4/h6-9,12H,1-5H3. The van der Waals surface area contributed by atoms with E-state index in [9.17, 15) is 9.90 Å². The van der Waals surface area contributed by atoms with Crippen molar-refractivity contribution in [1.29, 1.82) is 0 Å². The topological polar surface area (TPSA) is 46.5 Å². The minimum absolute atomic E-state index is 0.0172. The van der Waals surface area contributed by atoms with Crippen molar-refractivity contribution in [2.45, 2.75) is 46.8 Å². The molecule has 1 atom stereocenters. The predicted molar refractivity (Wildman–Crippen MR) is 56.2 cm³/mol. The molecule has 0 bridgehead atoms. The molecule has 3 heteroatoms.